The number of nitrogen functional groups attached to an aromatic ring is 1. The average molecular weight is 263 g/mol. The first-order valence-corrected chi connectivity index (χ1v) is 6.89. The lowest BCUT2D eigenvalue weighted by atomic mass is 9.85. The van der Waals surface area contributed by atoms with Crippen LogP contribution in [-0.2, 0) is 4.74 Å². The first kappa shape index (κ1) is 15.5. The van der Waals surface area contributed by atoms with Gasteiger partial charge in [-0.1, -0.05) is 20.8 Å². The SMILES string of the molecule is CCC(CC(C)C)c1cc(C(=O)OC)c(N)cc1C. The van der Waals surface area contributed by atoms with Gasteiger partial charge in [0.05, 0.1) is 12.7 Å². The fraction of sp³-hybridized carbons (Fsp3) is 0.562. The fourth-order valence-corrected chi connectivity index (χ4v) is 2.56. The Morgan fingerprint density at radius 3 is 2.47 bits per heavy atom. The van der Waals surface area contributed by atoms with Crippen LogP contribution < -0.4 is 5.73 Å². The van der Waals surface area contributed by atoms with Crippen molar-refractivity contribution in [3.05, 3.63) is 28.8 Å². The summed E-state index contributed by atoms with van der Waals surface area (Å²) < 4.78 is 4.79. The molecule has 3 nitrogen and oxygen atoms in total. The fourth-order valence-electron chi connectivity index (χ4n) is 2.56. The van der Waals surface area contributed by atoms with E-state index < -0.39 is 0 Å². The molecule has 0 saturated heterocycles. The maximum Gasteiger partial charge on any atom is 0.339 e. The number of carbonyl (C=O) groups is 1. The molecule has 0 heterocycles. The van der Waals surface area contributed by atoms with E-state index in [2.05, 4.69) is 27.7 Å². The van der Waals surface area contributed by atoms with E-state index >= 15 is 0 Å². The molecular weight excluding hydrogens is 238 g/mol. The van der Waals surface area contributed by atoms with E-state index in [1.165, 1.54) is 12.7 Å². The smallest absolute Gasteiger partial charge is 0.339 e. The first-order chi connectivity index (χ1) is 8.90. The molecule has 0 radical (unpaired) electrons. The molecule has 0 aromatic heterocycles. The van der Waals surface area contributed by atoms with Crippen LogP contribution in [0.3, 0.4) is 0 Å². The van der Waals surface area contributed by atoms with E-state index in [1.54, 1.807) is 0 Å². The molecule has 1 unspecified atom stereocenters. The highest BCUT2D eigenvalue weighted by Crippen LogP contribution is 2.32. The predicted octanol–water partition coefficient (Wildman–Crippen LogP) is 3.90. The van der Waals surface area contributed by atoms with E-state index in [4.69, 9.17) is 10.5 Å². The van der Waals surface area contributed by atoms with Gasteiger partial charge in [-0.15, -0.1) is 0 Å². The minimum absolute atomic E-state index is 0.363. The van der Waals surface area contributed by atoms with Crippen molar-refractivity contribution in [3.8, 4) is 0 Å². The molecular formula is C16H25NO2. The largest absolute Gasteiger partial charge is 0.465 e. The van der Waals surface area contributed by atoms with Gasteiger partial charge in [0.15, 0.2) is 0 Å². The van der Waals surface area contributed by atoms with Gasteiger partial charge >= 0.3 is 5.97 Å². The number of carbonyl (C=O) groups excluding carboxylic acids is 1. The van der Waals surface area contributed by atoms with Crippen LogP contribution in [0.1, 0.15) is 61.0 Å². The van der Waals surface area contributed by atoms with Crippen LogP contribution in [0.5, 0.6) is 0 Å². The molecule has 2 N–H and O–H groups in total. The molecule has 19 heavy (non-hydrogen) atoms. The summed E-state index contributed by atoms with van der Waals surface area (Å²) in [5.41, 5.74) is 9.24. The van der Waals surface area contributed by atoms with E-state index in [9.17, 15) is 4.79 Å². The van der Waals surface area contributed by atoms with Gasteiger partial charge in [-0.05, 0) is 54.9 Å². The lowest BCUT2D eigenvalue weighted by Gasteiger charge is -2.21. The summed E-state index contributed by atoms with van der Waals surface area (Å²) in [5.74, 6) is 0.727. The molecule has 0 spiro atoms. The van der Waals surface area contributed by atoms with Crippen molar-refractivity contribution in [2.75, 3.05) is 12.8 Å². The second kappa shape index (κ2) is 6.60. The summed E-state index contributed by atoms with van der Waals surface area (Å²) >= 11 is 0. The maximum atomic E-state index is 11.7. The van der Waals surface area contributed by atoms with Gasteiger partial charge in [0.1, 0.15) is 0 Å². The van der Waals surface area contributed by atoms with Crippen LogP contribution in [0, 0.1) is 12.8 Å². The number of rotatable bonds is 5. The molecule has 0 saturated carbocycles. The summed E-state index contributed by atoms with van der Waals surface area (Å²) in [5, 5.41) is 0. The Labute approximate surface area is 116 Å². The van der Waals surface area contributed by atoms with Crippen molar-refractivity contribution in [1.29, 1.82) is 0 Å². The zero-order valence-corrected chi connectivity index (χ0v) is 12.6. The van der Waals surface area contributed by atoms with Gasteiger partial charge in [0, 0.05) is 5.69 Å². The van der Waals surface area contributed by atoms with E-state index in [1.807, 2.05) is 12.1 Å². The van der Waals surface area contributed by atoms with Crippen molar-refractivity contribution in [3.63, 3.8) is 0 Å². The molecule has 3 heteroatoms. The number of nitrogens with two attached hydrogens (primary N) is 1. The summed E-state index contributed by atoms with van der Waals surface area (Å²) in [6, 6.07) is 3.79. The van der Waals surface area contributed by atoms with E-state index in [-0.39, 0.29) is 5.97 Å². The molecule has 106 valence electrons. The molecule has 1 aromatic rings. The molecule has 0 amide bonds. The Bertz CT molecular complexity index is 452. The quantitative estimate of drug-likeness (QED) is 0.647. The molecule has 0 aliphatic rings. The first-order valence-electron chi connectivity index (χ1n) is 6.89. The highest BCUT2D eigenvalue weighted by atomic mass is 16.5. The van der Waals surface area contributed by atoms with Gasteiger partial charge in [0.25, 0.3) is 0 Å². The minimum Gasteiger partial charge on any atom is -0.465 e. The number of esters is 1. The summed E-state index contributed by atoms with van der Waals surface area (Å²) in [6.45, 7) is 8.67. The van der Waals surface area contributed by atoms with Crippen molar-refractivity contribution in [1.82, 2.24) is 0 Å². The van der Waals surface area contributed by atoms with Crippen LogP contribution in [0.15, 0.2) is 12.1 Å². The third-order valence-electron chi connectivity index (χ3n) is 3.53. The van der Waals surface area contributed by atoms with Crippen LogP contribution in [0.2, 0.25) is 0 Å². The number of hydrogen-bond donors (Lipinski definition) is 1. The highest BCUT2D eigenvalue weighted by Gasteiger charge is 2.18. The Kier molecular flexibility index (Phi) is 5.40. The Morgan fingerprint density at radius 2 is 2.00 bits per heavy atom. The topological polar surface area (TPSA) is 52.3 Å². The zero-order valence-electron chi connectivity index (χ0n) is 12.6. The third kappa shape index (κ3) is 3.72. The number of hydrogen-bond acceptors (Lipinski definition) is 3. The molecule has 1 aromatic carbocycles. The molecule has 0 bridgehead atoms. The number of benzene rings is 1. The monoisotopic (exact) mass is 263 g/mol. The third-order valence-corrected chi connectivity index (χ3v) is 3.53. The second-order valence-corrected chi connectivity index (χ2v) is 5.52. The van der Waals surface area contributed by atoms with E-state index in [0.717, 1.165) is 18.4 Å². The lowest BCUT2D eigenvalue weighted by Crippen LogP contribution is -2.10. The number of aryl methyl sites for hydroxylation is 1. The molecule has 0 fully saturated rings. The van der Waals surface area contributed by atoms with Crippen molar-refractivity contribution in [2.24, 2.45) is 5.92 Å². The van der Waals surface area contributed by atoms with Crippen molar-refractivity contribution in [2.45, 2.75) is 46.5 Å². The lowest BCUT2D eigenvalue weighted by molar-refractivity contribution is 0.0602. The minimum atomic E-state index is -0.363. The van der Waals surface area contributed by atoms with Crippen LogP contribution in [-0.4, -0.2) is 13.1 Å². The Morgan fingerprint density at radius 1 is 1.37 bits per heavy atom. The van der Waals surface area contributed by atoms with Gasteiger partial charge < -0.3 is 10.5 Å². The van der Waals surface area contributed by atoms with E-state index in [0.29, 0.717) is 23.1 Å². The normalized spacial score (nSPS) is 12.5. The number of ether oxygens (including phenoxy) is 1. The van der Waals surface area contributed by atoms with Crippen LogP contribution >= 0.6 is 0 Å². The summed E-state index contributed by atoms with van der Waals surface area (Å²) in [7, 11) is 1.38. The number of anilines is 1. The standard InChI is InChI=1S/C16H25NO2/c1-6-12(7-10(2)3)13-9-14(16(18)19-5)15(17)8-11(13)4/h8-10,12H,6-7,17H2,1-5H3. The highest BCUT2D eigenvalue weighted by molar-refractivity contribution is 5.95. The van der Waals surface area contributed by atoms with Crippen molar-refractivity contribution >= 4 is 11.7 Å². The zero-order chi connectivity index (χ0) is 14.6. The van der Waals surface area contributed by atoms with Crippen LogP contribution in [0.4, 0.5) is 5.69 Å². The molecule has 0 aliphatic heterocycles. The average Bonchev–Trinajstić information content (AvgIpc) is 2.35. The van der Waals surface area contributed by atoms with Crippen LogP contribution in [0.25, 0.3) is 0 Å². The Balaban J connectivity index is 3.22. The molecule has 1 atom stereocenters. The van der Waals surface area contributed by atoms with Gasteiger partial charge in [-0.25, -0.2) is 4.79 Å². The maximum absolute atomic E-state index is 11.7. The van der Waals surface area contributed by atoms with Crippen molar-refractivity contribution < 1.29 is 9.53 Å². The molecule has 0 aliphatic carbocycles. The Hall–Kier alpha value is -1.51. The summed E-state index contributed by atoms with van der Waals surface area (Å²) in [4.78, 5) is 11.7. The van der Waals surface area contributed by atoms with Gasteiger partial charge in [-0.2, -0.15) is 0 Å². The predicted molar refractivity (Wildman–Crippen MR) is 79.4 cm³/mol. The molecule has 1 rings (SSSR count). The number of methoxy groups -OCH3 is 1. The second-order valence-electron chi connectivity index (χ2n) is 5.52. The summed E-state index contributed by atoms with van der Waals surface area (Å²) in [6.07, 6.45) is 2.17. The van der Waals surface area contributed by atoms with Gasteiger partial charge in [-0.3, -0.25) is 0 Å². The van der Waals surface area contributed by atoms with Gasteiger partial charge in [0.2, 0.25) is 0 Å².